The van der Waals surface area contributed by atoms with Crippen LogP contribution in [0.5, 0.6) is 5.75 Å². The van der Waals surface area contributed by atoms with E-state index in [1.807, 2.05) is 54.6 Å². The highest BCUT2D eigenvalue weighted by Gasteiger charge is 2.42. The van der Waals surface area contributed by atoms with Crippen LogP contribution in [0.15, 0.2) is 72.9 Å². The van der Waals surface area contributed by atoms with Gasteiger partial charge in [-0.1, -0.05) is 35.3 Å². The van der Waals surface area contributed by atoms with E-state index in [1.165, 1.54) is 0 Å². The molecule has 1 fully saturated rings. The summed E-state index contributed by atoms with van der Waals surface area (Å²) in [5, 5.41) is 5.32. The van der Waals surface area contributed by atoms with Gasteiger partial charge < -0.3 is 24.3 Å². The third-order valence-corrected chi connectivity index (χ3v) is 7.54. The molecule has 2 atom stereocenters. The van der Waals surface area contributed by atoms with E-state index < -0.39 is 0 Å². The summed E-state index contributed by atoms with van der Waals surface area (Å²) in [4.78, 5) is 6.78. The lowest BCUT2D eigenvalue weighted by Crippen LogP contribution is -2.29. The average molecular weight is 568 g/mol. The molecule has 2 aromatic carbocycles. The molecule has 0 amide bonds. The first-order chi connectivity index (χ1) is 18.4. The fourth-order valence-electron chi connectivity index (χ4n) is 5.04. The average Bonchev–Trinajstić information content (AvgIpc) is 3.40. The lowest BCUT2D eigenvalue weighted by molar-refractivity contribution is 0.146. The van der Waals surface area contributed by atoms with Crippen LogP contribution in [-0.4, -0.2) is 35.0 Å². The number of benzene rings is 2. The summed E-state index contributed by atoms with van der Waals surface area (Å²) < 4.78 is 13.1. The van der Waals surface area contributed by atoms with Crippen LogP contribution in [0, 0.1) is 13.8 Å². The van der Waals surface area contributed by atoms with Crippen LogP contribution in [0.3, 0.4) is 0 Å². The monoisotopic (exact) mass is 566 g/mol. The predicted molar refractivity (Wildman–Crippen MR) is 157 cm³/mol. The van der Waals surface area contributed by atoms with Gasteiger partial charge in [0.2, 0.25) is 0 Å². The van der Waals surface area contributed by atoms with E-state index in [-0.39, 0.29) is 12.1 Å². The van der Waals surface area contributed by atoms with Gasteiger partial charge in [0, 0.05) is 41.1 Å². The highest BCUT2D eigenvalue weighted by Crippen LogP contribution is 2.45. The second-order valence-corrected chi connectivity index (χ2v) is 10.3. The molecule has 0 saturated carbocycles. The molecule has 1 aliphatic heterocycles. The third-order valence-electron chi connectivity index (χ3n) is 6.69. The summed E-state index contributed by atoms with van der Waals surface area (Å²) in [6, 6.07) is 21.4. The number of aryl methyl sites for hydroxylation is 1. The van der Waals surface area contributed by atoms with Crippen molar-refractivity contribution in [1.82, 2.24) is 14.9 Å². The molecule has 38 heavy (non-hydrogen) atoms. The molecule has 2 aromatic heterocycles. The molecule has 196 valence electrons. The Kier molecular flexibility index (Phi) is 7.91. The van der Waals surface area contributed by atoms with Crippen molar-refractivity contribution in [2.45, 2.75) is 25.9 Å². The smallest absolute Gasteiger partial charge is 0.174 e. The highest BCUT2D eigenvalue weighted by atomic mass is 35.5. The highest BCUT2D eigenvalue weighted by molar-refractivity contribution is 7.80. The Morgan fingerprint density at radius 1 is 0.974 bits per heavy atom. The molecule has 3 heterocycles. The molecule has 5 rings (SSSR count). The first-order valence-electron chi connectivity index (χ1n) is 12.3. The molecule has 0 unspecified atom stereocenters. The fourth-order valence-corrected chi connectivity index (χ4v) is 5.80. The summed E-state index contributed by atoms with van der Waals surface area (Å²) in [6.45, 7) is 5.12. The summed E-state index contributed by atoms with van der Waals surface area (Å²) >= 11 is 18.9. The number of hydrogen-bond donors (Lipinski definition) is 1. The van der Waals surface area contributed by atoms with Crippen LogP contribution in [0.2, 0.25) is 10.0 Å². The van der Waals surface area contributed by atoms with E-state index in [1.54, 1.807) is 13.3 Å². The molecule has 4 aromatic rings. The van der Waals surface area contributed by atoms with Gasteiger partial charge in [-0.05, 0) is 86.2 Å². The van der Waals surface area contributed by atoms with Crippen molar-refractivity contribution >= 4 is 46.2 Å². The van der Waals surface area contributed by atoms with E-state index >= 15 is 0 Å². The maximum absolute atomic E-state index is 6.65. The molecule has 0 radical (unpaired) electrons. The number of halogens is 2. The molecule has 0 bridgehead atoms. The fraction of sp³-hybridized carbons (Fsp3) is 0.241. The molecule has 6 nitrogen and oxygen atoms in total. The normalized spacial score (nSPS) is 17.1. The number of rotatable bonds is 8. The van der Waals surface area contributed by atoms with Crippen molar-refractivity contribution in [2.75, 3.05) is 25.2 Å². The van der Waals surface area contributed by atoms with Gasteiger partial charge in [0.05, 0.1) is 29.4 Å². The van der Waals surface area contributed by atoms with Crippen molar-refractivity contribution in [3.05, 3.63) is 106 Å². The number of anilines is 1. The number of pyridine rings is 1. The molecular formula is C29H28Cl2N4O2S. The molecular weight excluding hydrogens is 539 g/mol. The number of nitrogens with zero attached hydrogens (tertiary/aromatic N) is 3. The standard InChI is InChI=1S/C29H28Cl2N4O2S/c1-18-15-23(19(2)34(18)21-8-6-7-20(30)16-21)28-27(25-9-4-5-12-32-25)33-29(38)35(28)22-10-11-26(24(31)17-22)37-14-13-36-3/h4-12,15-17,27-28H,13-14H2,1-3H3,(H,33,38)/t27-,28-/m0/s1. The number of aromatic nitrogens is 2. The lowest BCUT2D eigenvalue weighted by Gasteiger charge is -2.28. The largest absolute Gasteiger partial charge is 0.490 e. The molecule has 1 saturated heterocycles. The summed E-state index contributed by atoms with van der Waals surface area (Å²) in [7, 11) is 1.64. The Balaban J connectivity index is 1.61. The van der Waals surface area contributed by atoms with Crippen LogP contribution in [0.1, 0.15) is 34.7 Å². The Labute approximate surface area is 238 Å². The maximum atomic E-state index is 6.65. The number of hydrogen-bond acceptors (Lipinski definition) is 4. The Bertz CT molecular complexity index is 1460. The van der Waals surface area contributed by atoms with Gasteiger partial charge in [-0.2, -0.15) is 0 Å². The number of ether oxygens (including phenoxy) is 2. The summed E-state index contributed by atoms with van der Waals surface area (Å²) in [5.74, 6) is 0.600. The van der Waals surface area contributed by atoms with Gasteiger partial charge >= 0.3 is 0 Å². The molecule has 9 heteroatoms. The van der Waals surface area contributed by atoms with E-state index in [4.69, 9.17) is 44.9 Å². The summed E-state index contributed by atoms with van der Waals surface area (Å²) in [6.07, 6.45) is 1.80. The van der Waals surface area contributed by atoms with Gasteiger partial charge in [-0.25, -0.2) is 0 Å². The zero-order valence-corrected chi connectivity index (χ0v) is 23.6. The van der Waals surface area contributed by atoms with Crippen molar-refractivity contribution < 1.29 is 9.47 Å². The van der Waals surface area contributed by atoms with E-state index in [9.17, 15) is 0 Å². The number of thiocarbonyl (C=S) groups is 1. The van der Waals surface area contributed by atoms with Crippen LogP contribution in [0.4, 0.5) is 5.69 Å². The van der Waals surface area contributed by atoms with Crippen LogP contribution >= 0.6 is 35.4 Å². The zero-order valence-electron chi connectivity index (χ0n) is 21.3. The first-order valence-corrected chi connectivity index (χ1v) is 13.4. The topological polar surface area (TPSA) is 51.6 Å². The molecule has 0 aliphatic carbocycles. The minimum Gasteiger partial charge on any atom is -0.490 e. The quantitative estimate of drug-likeness (QED) is 0.183. The van der Waals surface area contributed by atoms with Crippen molar-refractivity contribution in [2.24, 2.45) is 0 Å². The SMILES string of the molecule is COCCOc1ccc(N2C(=S)N[C@@H](c3ccccn3)[C@@H]2c2cc(C)n(-c3cccc(Cl)c3)c2C)cc1Cl. The van der Waals surface area contributed by atoms with Crippen LogP contribution in [0.25, 0.3) is 5.69 Å². The number of nitrogens with one attached hydrogen (secondary N) is 1. The van der Waals surface area contributed by atoms with Gasteiger partial charge in [-0.3, -0.25) is 4.98 Å². The second-order valence-electron chi connectivity index (χ2n) is 9.09. The Morgan fingerprint density at radius 2 is 1.82 bits per heavy atom. The third kappa shape index (κ3) is 5.12. The van der Waals surface area contributed by atoms with Gasteiger partial charge in [0.25, 0.3) is 0 Å². The zero-order chi connectivity index (χ0) is 26.8. The molecule has 1 N–H and O–H groups in total. The van der Waals surface area contributed by atoms with Crippen LogP contribution in [-0.2, 0) is 4.74 Å². The predicted octanol–water partition coefficient (Wildman–Crippen LogP) is 7.00. The van der Waals surface area contributed by atoms with E-state index in [0.29, 0.717) is 34.1 Å². The lowest BCUT2D eigenvalue weighted by atomic mass is 9.96. The van der Waals surface area contributed by atoms with Crippen molar-refractivity contribution in [3.8, 4) is 11.4 Å². The minimum absolute atomic E-state index is 0.173. The van der Waals surface area contributed by atoms with Gasteiger partial charge in [0.15, 0.2) is 5.11 Å². The van der Waals surface area contributed by atoms with Crippen molar-refractivity contribution in [3.63, 3.8) is 0 Å². The second kappa shape index (κ2) is 11.3. The minimum atomic E-state index is -0.173. The van der Waals surface area contributed by atoms with E-state index in [0.717, 1.165) is 34.0 Å². The van der Waals surface area contributed by atoms with E-state index in [2.05, 4.69) is 45.7 Å². The number of methoxy groups -OCH3 is 1. The Morgan fingerprint density at radius 3 is 2.53 bits per heavy atom. The molecule has 0 spiro atoms. The summed E-state index contributed by atoms with van der Waals surface area (Å²) in [5.41, 5.74) is 6.09. The van der Waals surface area contributed by atoms with Gasteiger partial charge in [-0.15, -0.1) is 0 Å². The molecule has 1 aliphatic rings. The van der Waals surface area contributed by atoms with Crippen molar-refractivity contribution in [1.29, 1.82) is 0 Å². The van der Waals surface area contributed by atoms with Crippen LogP contribution < -0.4 is 15.0 Å². The first kappa shape index (κ1) is 26.5. The Hall–Kier alpha value is -3.10. The maximum Gasteiger partial charge on any atom is 0.174 e. The van der Waals surface area contributed by atoms with Gasteiger partial charge in [0.1, 0.15) is 12.4 Å².